The Hall–Kier alpha value is -0.660. The Balaban J connectivity index is 2.38. The van der Waals surface area contributed by atoms with Gasteiger partial charge >= 0.3 is 0 Å². The Morgan fingerprint density at radius 2 is 1.57 bits per heavy atom. The lowest BCUT2D eigenvalue weighted by Gasteiger charge is -2.03. The van der Waals surface area contributed by atoms with Crippen molar-refractivity contribution in [2.75, 3.05) is 0 Å². The zero-order valence-corrected chi connectivity index (χ0v) is 3.68. The Morgan fingerprint density at radius 3 is 1.71 bits per heavy atom. The molecule has 0 N–H and O–H groups in total. The molecule has 2 rings (SSSR count). The summed E-state index contributed by atoms with van der Waals surface area (Å²) < 4.78 is 0. The van der Waals surface area contributed by atoms with Gasteiger partial charge in [0.05, 0.1) is 0 Å². The molecule has 2 unspecified atom stereocenters. The van der Waals surface area contributed by atoms with Crippen LogP contribution in [-0.2, 0) is 9.59 Å². The number of carbonyl (C=O) groups excluding carboxylic acids is 2. The highest BCUT2D eigenvalue weighted by Gasteiger charge is 2.61. The van der Waals surface area contributed by atoms with Crippen molar-refractivity contribution in [1.29, 1.82) is 0 Å². The van der Waals surface area contributed by atoms with E-state index in [0.29, 0.717) is 0 Å². The van der Waals surface area contributed by atoms with Gasteiger partial charge in [-0.15, -0.1) is 0 Å². The van der Waals surface area contributed by atoms with Crippen LogP contribution >= 0.6 is 0 Å². The summed E-state index contributed by atoms with van der Waals surface area (Å²) in [5, 5.41) is 0. The molecule has 36 valence electrons. The highest BCUT2D eigenvalue weighted by molar-refractivity contribution is 6.48. The predicted molar refractivity (Wildman–Crippen MR) is 21.6 cm³/mol. The zero-order chi connectivity index (χ0) is 5.02. The van der Waals surface area contributed by atoms with Crippen molar-refractivity contribution < 1.29 is 9.59 Å². The summed E-state index contributed by atoms with van der Waals surface area (Å²) >= 11 is 0. The lowest BCUT2D eigenvalue weighted by Crippen LogP contribution is -2.29. The second kappa shape index (κ2) is 0.661. The fourth-order valence-corrected chi connectivity index (χ4v) is 1.04. The fraction of sp³-hybridized carbons (Fsp3) is 0.600. The molecule has 0 bridgehead atoms. The topological polar surface area (TPSA) is 34.1 Å². The van der Waals surface area contributed by atoms with E-state index in [2.05, 4.69) is 0 Å². The van der Waals surface area contributed by atoms with E-state index in [1.54, 1.807) is 0 Å². The molecule has 2 saturated carbocycles. The molecule has 0 aromatic rings. The Kier molecular flexibility index (Phi) is 0.317. The smallest absolute Gasteiger partial charge is 0.202 e. The zero-order valence-electron chi connectivity index (χ0n) is 3.68. The standard InChI is InChI=1S/C5H4O2/c6-4-2-1-3(2)5(4)7/h2-3H,1H2. The molecule has 7 heavy (non-hydrogen) atoms. The maximum atomic E-state index is 10.3. The first-order valence-electron chi connectivity index (χ1n) is 2.39. The van der Waals surface area contributed by atoms with Crippen LogP contribution in [0.3, 0.4) is 0 Å². The lowest BCUT2D eigenvalue weighted by molar-refractivity contribution is -0.143. The average molecular weight is 96.1 g/mol. The van der Waals surface area contributed by atoms with Gasteiger partial charge in [-0.05, 0) is 6.42 Å². The average Bonchev–Trinajstić information content (AvgIpc) is 2.39. The Labute approximate surface area is 40.5 Å². The van der Waals surface area contributed by atoms with E-state index >= 15 is 0 Å². The summed E-state index contributed by atoms with van der Waals surface area (Å²) in [6.45, 7) is 0. The van der Waals surface area contributed by atoms with E-state index in [-0.39, 0.29) is 23.4 Å². The lowest BCUT2D eigenvalue weighted by atomic mass is 9.97. The predicted octanol–water partition coefficient (Wildman–Crippen LogP) is -0.226. The van der Waals surface area contributed by atoms with Gasteiger partial charge in [-0.25, -0.2) is 0 Å². The number of carbonyl (C=O) groups is 2. The van der Waals surface area contributed by atoms with Gasteiger partial charge in [0.15, 0.2) is 0 Å². The highest BCUT2D eigenvalue weighted by Crippen LogP contribution is 2.49. The first kappa shape index (κ1) is 3.36. The summed E-state index contributed by atoms with van der Waals surface area (Å²) in [6, 6.07) is 0. The SMILES string of the molecule is O=C1C(=O)C2CC12. The van der Waals surface area contributed by atoms with Crippen molar-refractivity contribution in [3.05, 3.63) is 0 Å². The van der Waals surface area contributed by atoms with Gasteiger partial charge < -0.3 is 0 Å². The first-order chi connectivity index (χ1) is 3.30. The molecule has 0 aliphatic heterocycles. The molecule has 0 aromatic carbocycles. The second-order valence-corrected chi connectivity index (χ2v) is 2.18. The van der Waals surface area contributed by atoms with Crippen LogP contribution in [0.25, 0.3) is 0 Å². The van der Waals surface area contributed by atoms with Crippen molar-refractivity contribution in [1.82, 2.24) is 0 Å². The van der Waals surface area contributed by atoms with Crippen molar-refractivity contribution in [3.8, 4) is 0 Å². The minimum absolute atomic E-state index is 0.120. The number of hydrogen-bond acceptors (Lipinski definition) is 2. The normalized spacial score (nSPS) is 45.1. The Bertz CT molecular complexity index is 141. The third kappa shape index (κ3) is 0.198. The molecule has 0 amide bonds. The molecule has 2 nitrogen and oxygen atoms in total. The van der Waals surface area contributed by atoms with Gasteiger partial charge in [0.25, 0.3) is 0 Å². The molecule has 0 spiro atoms. The van der Waals surface area contributed by atoms with Gasteiger partial charge in [-0.1, -0.05) is 0 Å². The van der Waals surface area contributed by atoms with Crippen LogP contribution in [0, 0.1) is 11.8 Å². The van der Waals surface area contributed by atoms with Crippen LogP contribution in [0.4, 0.5) is 0 Å². The summed E-state index contributed by atoms with van der Waals surface area (Å²) in [6.07, 6.45) is 0.859. The molecule has 0 aromatic heterocycles. The molecule has 2 fully saturated rings. The van der Waals surface area contributed by atoms with Crippen LogP contribution in [0.15, 0.2) is 0 Å². The fourth-order valence-electron chi connectivity index (χ4n) is 1.04. The molecule has 0 heterocycles. The maximum absolute atomic E-state index is 10.3. The van der Waals surface area contributed by atoms with Gasteiger partial charge in [0.1, 0.15) is 0 Å². The van der Waals surface area contributed by atoms with Crippen molar-refractivity contribution in [2.24, 2.45) is 11.8 Å². The third-order valence-electron chi connectivity index (χ3n) is 1.71. The molecule has 2 heteroatoms. The maximum Gasteiger partial charge on any atom is 0.202 e. The van der Waals surface area contributed by atoms with E-state index in [9.17, 15) is 9.59 Å². The molecular weight excluding hydrogens is 92.1 g/mol. The van der Waals surface area contributed by atoms with Crippen molar-refractivity contribution in [2.45, 2.75) is 6.42 Å². The van der Waals surface area contributed by atoms with E-state index in [1.165, 1.54) is 0 Å². The van der Waals surface area contributed by atoms with Crippen LogP contribution in [-0.4, -0.2) is 11.6 Å². The number of fused-ring (bicyclic) bond motifs is 1. The third-order valence-corrected chi connectivity index (χ3v) is 1.71. The van der Waals surface area contributed by atoms with Gasteiger partial charge in [-0.3, -0.25) is 9.59 Å². The van der Waals surface area contributed by atoms with E-state index in [4.69, 9.17) is 0 Å². The molecule has 2 aliphatic rings. The van der Waals surface area contributed by atoms with E-state index in [0.717, 1.165) is 6.42 Å². The van der Waals surface area contributed by atoms with E-state index in [1.807, 2.05) is 0 Å². The van der Waals surface area contributed by atoms with Crippen LogP contribution in [0.5, 0.6) is 0 Å². The van der Waals surface area contributed by atoms with Crippen LogP contribution in [0.1, 0.15) is 6.42 Å². The minimum atomic E-state index is -0.120. The molecule has 0 saturated heterocycles. The number of hydrogen-bond donors (Lipinski definition) is 0. The number of ketones is 2. The molecule has 2 aliphatic carbocycles. The van der Waals surface area contributed by atoms with E-state index < -0.39 is 0 Å². The molecule has 0 radical (unpaired) electrons. The first-order valence-corrected chi connectivity index (χ1v) is 2.39. The summed E-state index contributed by atoms with van der Waals surface area (Å²) in [5.74, 6) is 0.134. The van der Waals surface area contributed by atoms with Crippen molar-refractivity contribution >= 4 is 11.6 Å². The molecule has 2 atom stereocenters. The monoisotopic (exact) mass is 96.0 g/mol. The Morgan fingerprint density at radius 1 is 1.14 bits per heavy atom. The molecular formula is C5H4O2. The highest BCUT2D eigenvalue weighted by atomic mass is 16.2. The van der Waals surface area contributed by atoms with Gasteiger partial charge in [-0.2, -0.15) is 0 Å². The summed E-state index contributed by atoms with van der Waals surface area (Å²) in [5.41, 5.74) is 0. The van der Waals surface area contributed by atoms with Crippen LogP contribution < -0.4 is 0 Å². The number of rotatable bonds is 0. The largest absolute Gasteiger partial charge is 0.291 e. The van der Waals surface area contributed by atoms with Crippen molar-refractivity contribution in [3.63, 3.8) is 0 Å². The second-order valence-electron chi connectivity index (χ2n) is 2.18. The van der Waals surface area contributed by atoms with Gasteiger partial charge in [0.2, 0.25) is 11.6 Å². The summed E-state index contributed by atoms with van der Waals surface area (Å²) in [4.78, 5) is 20.5. The number of Topliss-reactive ketones (excluding diaryl/α,β-unsaturated/α-hetero) is 2. The van der Waals surface area contributed by atoms with Gasteiger partial charge in [0, 0.05) is 11.8 Å². The van der Waals surface area contributed by atoms with Crippen LogP contribution in [0.2, 0.25) is 0 Å². The quantitative estimate of drug-likeness (QED) is 0.390. The summed E-state index contributed by atoms with van der Waals surface area (Å²) in [7, 11) is 0. The minimum Gasteiger partial charge on any atom is -0.291 e.